The van der Waals surface area contributed by atoms with Crippen LogP contribution in [-0.4, -0.2) is 36.5 Å². The molecular formula is C17H20ClNO3. The number of carbonyl (C=O) groups excluding carboxylic acids is 2. The Bertz CT molecular complexity index is 531. The van der Waals surface area contributed by atoms with E-state index in [1.807, 2.05) is 0 Å². The second-order valence-corrected chi connectivity index (χ2v) is 5.72. The summed E-state index contributed by atoms with van der Waals surface area (Å²) in [5.74, 6) is -0.631. The zero-order chi connectivity index (χ0) is 15.8. The zero-order valence-corrected chi connectivity index (χ0v) is 13.2. The van der Waals surface area contributed by atoms with E-state index in [9.17, 15) is 9.59 Å². The highest BCUT2D eigenvalue weighted by molar-refractivity contribution is 6.30. The number of hydrogen-bond acceptors (Lipinski definition) is 3. The minimum atomic E-state index is -0.516. The van der Waals surface area contributed by atoms with Gasteiger partial charge in [-0.15, -0.1) is 0 Å². The maximum absolute atomic E-state index is 12.0. The number of amides is 1. The second kappa shape index (κ2) is 8.59. The van der Waals surface area contributed by atoms with Crippen LogP contribution in [-0.2, 0) is 14.3 Å². The third-order valence-corrected chi connectivity index (χ3v) is 3.83. The van der Waals surface area contributed by atoms with E-state index in [0.29, 0.717) is 5.02 Å². The Labute approximate surface area is 135 Å². The Morgan fingerprint density at radius 1 is 1.09 bits per heavy atom. The van der Waals surface area contributed by atoms with Gasteiger partial charge in [0.2, 0.25) is 0 Å². The van der Waals surface area contributed by atoms with Gasteiger partial charge in [0.05, 0.1) is 0 Å². The van der Waals surface area contributed by atoms with E-state index in [2.05, 4.69) is 0 Å². The third kappa shape index (κ3) is 5.53. The number of benzene rings is 1. The van der Waals surface area contributed by atoms with Gasteiger partial charge >= 0.3 is 5.97 Å². The number of carbonyl (C=O) groups is 2. The Balaban J connectivity index is 1.76. The SMILES string of the molecule is O=C(/C=C/c1ccc(Cl)cc1)OCC(=O)N1CCCCCC1. The smallest absolute Gasteiger partial charge is 0.331 e. The van der Waals surface area contributed by atoms with E-state index < -0.39 is 5.97 Å². The summed E-state index contributed by atoms with van der Waals surface area (Å²) < 4.78 is 5.00. The molecule has 0 unspecified atom stereocenters. The fourth-order valence-corrected chi connectivity index (χ4v) is 2.46. The van der Waals surface area contributed by atoms with Gasteiger partial charge in [-0.3, -0.25) is 4.79 Å². The molecular weight excluding hydrogens is 302 g/mol. The topological polar surface area (TPSA) is 46.6 Å². The first kappa shape index (κ1) is 16.6. The number of rotatable bonds is 4. The van der Waals surface area contributed by atoms with Crippen LogP contribution in [0.25, 0.3) is 6.08 Å². The van der Waals surface area contributed by atoms with Crippen molar-refractivity contribution in [2.45, 2.75) is 25.7 Å². The second-order valence-electron chi connectivity index (χ2n) is 5.29. The van der Waals surface area contributed by atoms with Gasteiger partial charge in [0, 0.05) is 24.2 Å². The summed E-state index contributed by atoms with van der Waals surface area (Å²) in [5.41, 5.74) is 0.847. The van der Waals surface area contributed by atoms with Gasteiger partial charge in [0.15, 0.2) is 6.61 Å². The molecule has 0 bridgehead atoms. The van der Waals surface area contributed by atoms with Crippen LogP contribution in [0.3, 0.4) is 0 Å². The summed E-state index contributed by atoms with van der Waals surface area (Å²) in [7, 11) is 0. The predicted molar refractivity (Wildman–Crippen MR) is 86.5 cm³/mol. The molecule has 1 fully saturated rings. The van der Waals surface area contributed by atoms with E-state index in [-0.39, 0.29) is 12.5 Å². The molecule has 4 nitrogen and oxygen atoms in total. The molecule has 0 saturated carbocycles. The summed E-state index contributed by atoms with van der Waals surface area (Å²) in [6.07, 6.45) is 7.32. The molecule has 0 aromatic heterocycles. The largest absolute Gasteiger partial charge is 0.452 e. The van der Waals surface area contributed by atoms with Crippen LogP contribution in [0, 0.1) is 0 Å². The van der Waals surface area contributed by atoms with Crippen molar-refractivity contribution in [2.75, 3.05) is 19.7 Å². The molecule has 0 spiro atoms. The Morgan fingerprint density at radius 2 is 1.73 bits per heavy atom. The molecule has 5 heteroatoms. The van der Waals surface area contributed by atoms with Gasteiger partial charge in [0.1, 0.15) is 0 Å². The van der Waals surface area contributed by atoms with Crippen molar-refractivity contribution in [3.63, 3.8) is 0 Å². The molecule has 22 heavy (non-hydrogen) atoms. The Hall–Kier alpha value is -1.81. The van der Waals surface area contributed by atoms with Crippen LogP contribution < -0.4 is 0 Å². The van der Waals surface area contributed by atoms with Gasteiger partial charge in [-0.05, 0) is 36.6 Å². The molecule has 1 aliphatic heterocycles. The molecule has 1 amide bonds. The molecule has 2 rings (SSSR count). The fraction of sp³-hybridized carbons (Fsp3) is 0.412. The molecule has 0 N–H and O–H groups in total. The van der Waals surface area contributed by atoms with Crippen molar-refractivity contribution in [1.82, 2.24) is 4.90 Å². The minimum Gasteiger partial charge on any atom is -0.452 e. The normalized spacial score (nSPS) is 15.6. The van der Waals surface area contributed by atoms with Crippen molar-refractivity contribution in [1.29, 1.82) is 0 Å². The molecule has 1 aromatic rings. The number of esters is 1. The molecule has 1 aromatic carbocycles. The maximum atomic E-state index is 12.0. The van der Waals surface area contributed by atoms with Crippen molar-refractivity contribution < 1.29 is 14.3 Å². The highest BCUT2D eigenvalue weighted by Gasteiger charge is 2.16. The third-order valence-electron chi connectivity index (χ3n) is 3.58. The molecule has 1 aliphatic rings. The van der Waals surface area contributed by atoms with E-state index in [4.69, 9.17) is 16.3 Å². The van der Waals surface area contributed by atoms with Gasteiger partial charge in [-0.2, -0.15) is 0 Å². The predicted octanol–water partition coefficient (Wildman–Crippen LogP) is 3.30. The highest BCUT2D eigenvalue weighted by Crippen LogP contribution is 2.11. The summed E-state index contributed by atoms with van der Waals surface area (Å²) >= 11 is 5.79. The van der Waals surface area contributed by atoms with Crippen molar-refractivity contribution >= 4 is 29.6 Å². The maximum Gasteiger partial charge on any atom is 0.331 e. The van der Waals surface area contributed by atoms with E-state index in [1.165, 1.54) is 6.08 Å². The molecule has 1 saturated heterocycles. The standard InChI is InChI=1S/C17H20ClNO3/c18-15-8-5-14(6-9-15)7-10-17(21)22-13-16(20)19-11-3-1-2-4-12-19/h5-10H,1-4,11-13H2/b10-7+. The number of ether oxygens (including phenoxy) is 1. The zero-order valence-electron chi connectivity index (χ0n) is 12.5. The van der Waals surface area contributed by atoms with E-state index >= 15 is 0 Å². The quantitative estimate of drug-likeness (QED) is 0.631. The first-order valence-electron chi connectivity index (χ1n) is 7.53. The number of hydrogen-bond donors (Lipinski definition) is 0. The molecule has 1 heterocycles. The lowest BCUT2D eigenvalue weighted by Crippen LogP contribution is -2.35. The van der Waals surface area contributed by atoms with Crippen LogP contribution in [0.5, 0.6) is 0 Å². The van der Waals surface area contributed by atoms with Gasteiger partial charge in [-0.25, -0.2) is 4.79 Å². The minimum absolute atomic E-state index is 0.116. The summed E-state index contributed by atoms with van der Waals surface area (Å²) in [4.78, 5) is 25.4. The van der Waals surface area contributed by atoms with Crippen molar-refractivity contribution in [3.8, 4) is 0 Å². The highest BCUT2D eigenvalue weighted by atomic mass is 35.5. The van der Waals surface area contributed by atoms with Gasteiger partial charge in [-0.1, -0.05) is 36.6 Å². The van der Waals surface area contributed by atoms with Crippen LogP contribution >= 0.6 is 11.6 Å². The molecule has 0 radical (unpaired) electrons. The average molecular weight is 322 g/mol. The number of halogens is 1. The van der Waals surface area contributed by atoms with Crippen molar-refractivity contribution in [2.24, 2.45) is 0 Å². The molecule has 118 valence electrons. The summed E-state index contributed by atoms with van der Waals surface area (Å²) in [5, 5.41) is 0.641. The van der Waals surface area contributed by atoms with Crippen molar-refractivity contribution in [3.05, 3.63) is 40.9 Å². The number of likely N-dealkylation sites (tertiary alicyclic amines) is 1. The number of nitrogens with zero attached hydrogens (tertiary/aromatic N) is 1. The van der Waals surface area contributed by atoms with Crippen LogP contribution in [0.4, 0.5) is 0 Å². The summed E-state index contributed by atoms with van der Waals surface area (Å²) in [6, 6.07) is 7.09. The van der Waals surface area contributed by atoms with Gasteiger partial charge in [0.25, 0.3) is 5.91 Å². The lowest BCUT2D eigenvalue weighted by Gasteiger charge is -2.19. The van der Waals surface area contributed by atoms with E-state index in [1.54, 1.807) is 35.2 Å². The average Bonchev–Trinajstić information content (AvgIpc) is 2.81. The Kier molecular flexibility index (Phi) is 6.46. The fourth-order valence-electron chi connectivity index (χ4n) is 2.33. The first-order valence-corrected chi connectivity index (χ1v) is 7.91. The Morgan fingerprint density at radius 3 is 2.36 bits per heavy atom. The first-order chi connectivity index (χ1) is 10.6. The monoisotopic (exact) mass is 321 g/mol. The van der Waals surface area contributed by atoms with Crippen LogP contribution in [0.15, 0.2) is 30.3 Å². The molecule has 0 aliphatic carbocycles. The van der Waals surface area contributed by atoms with Crippen LogP contribution in [0.1, 0.15) is 31.2 Å². The van der Waals surface area contributed by atoms with Gasteiger partial charge < -0.3 is 9.64 Å². The summed E-state index contributed by atoms with van der Waals surface area (Å²) in [6.45, 7) is 1.33. The van der Waals surface area contributed by atoms with E-state index in [0.717, 1.165) is 44.3 Å². The lowest BCUT2D eigenvalue weighted by molar-refractivity contribution is -0.148. The van der Waals surface area contributed by atoms with Crippen LogP contribution in [0.2, 0.25) is 5.02 Å². The lowest BCUT2D eigenvalue weighted by atomic mass is 10.2. The molecule has 0 atom stereocenters.